The van der Waals surface area contributed by atoms with Gasteiger partial charge >= 0.3 is 0 Å². The van der Waals surface area contributed by atoms with Gasteiger partial charge in [0.15, 0.2) is 0 Å². The number of carbonyl (C=O) groups is 1. The number of hydrogen-bond donors (Lipinski definition) is 1. The number of aryl methyl sites for hydroxylation is 1. The topological polar surface area (TPSA) is 68.0 Å². The highest BCUT2D eigenvalue weighted by Crippen LogP contribution is 2.24. The SMILES string of the molecule is Cc1ccc(-c2nc(CCNC(=O)c3cc(-c4ccccc4)no3)cs2)cc1. The lowest BCUT2D eigenvalue weighted by atomic mass is 10.1. The Morgan fingerprint density at radius 1 is 1.07 bits per heavy atom. The Balaban J connectivity index is 1.32. The lowest BCUT2D eigenvalue weighted by Gasteiger charge is -2.00. The van der Waals surface area contributed by atoms with E-state index >= 15 is 0 Å². The van der Waals surface area contributed by atoms with Gasteiger partial charge in [-0.15, -0.1) is 11.3 Å². The van der Waals surface area contributed by atoms with Gasteiger partial charge in [-0.2, -0.15) is 0 Å². The summed E-state index contributed by atoms with van der Waals surface area (Å²) >= 11 is 1.61. The van der Waals surface area contributed by atoms with Gasteiger partial charge in [0.25, 0.3) is 5.91 Å². The number of nitrogens with zero attached hydrogens (tertiary/aromatic N) is 2. The Morgan fingerprint density at radius 2 is 1.86 bits per heavy atom. The zero-order valence-electron chi connectivity index (χ0n) is 15.4. The van der Waals surface area contributed by atoms with Crippen LogP contribution in [-0.4, -0.2) is 22.6 Å². The second-order valence-electron chi connectivity index (χ2n) is 6.46. The van der Waals surface area contributed by atoms with E-state index in [0.717, 1.165) is 21.8 Å². The van der Waals surface area contributed by atoms with Crippen LogP contribution in [0.4, 0.5) is 0 Å². The van der Waals surface area contributed by atoms with Crippen LogP contribution < -0.4 is 5.32 Å². The molecule has 2 heterocycles. The van der Waals surface area contributed by atoms with Gasteiger partial charge in [-0.1, -0.05) is 65.3 Å². The molecule has 4 rings (SSSR count). The first-order chi connectivity index (χ1) is 13.7. The second kappa shape index (κ2) is 8.19. The minimum absolute atomic E-state index is 0.206. The van der Waals surface area contributed by atoms with Crippen LogP contribution in [0.15, 0.2) is 70.6 Å². The predicted octanol–water partition coefficient (Wildman–Crippen LogP) is 4.75. The lowest BCUT2D eigenvalue weighted by Crippen LogP contribution is -2.25. The first kappa shape index (κ1) is 18.1. The number of benzene rings is 2. The van der Waals surface area contributed by atoms with Crippen LogP contribution in [0.1, 0.15) is 21.8 Å². The maximum absolute atomic E-state index is 12.3. The molecule has 0 spiro atoms. The first-order valence-electron chi connectivity index (χ1n) is 9.01. The van der Waals surface area contributed by atoms with Gasteiger partial charge in [0.1, 0.15) is 10.7 Å². The molecule has 0 aliphatic carbocycles. The lowest BCUT2D eigenvalue weighted by molar-refractivity contribution is 0.0917. The van der Waals surface area contributed by atoms with Crippen LogP contribution in [-0.2, 0) is 6.42 Å². The number of thiazole rings is 1. The van der Waals surface area contributed by atoms with Gasteiger partial charge in [-0.25, -0.2) is 4.98 Å². The number of nitrogens with one attached hydrogen (secondary N) is 1. The summed E-state index contributed by atoms with van der Waals surface area (Å²) < 4.78 is 5.18. The molecule has 0 fully saturated rings. The number of aromatic nitrogens is 2. The standard InChI is InChI=1S/C22H19N3O2S/c1-15-7-9-17(10-8-15)22-24-18(14-28-22)11-12-23-21(26)20-13-19(25-27-20)16-5-3-2-4-6-16/h2-10,13-14H,11-12H2,1H3,(H,23,26). The fraction of sp³-hybridized carbons (Fsp3) is 0.136. The largest absolute Gasteiger partial charge is 0.350 e. The van der Waals surface area contributed by atoms with Crippen molar-refractivity contribution >= 4 is 17.2 Å². The zero-order chi connectivity index (χ0) is 19.3. The molecule has 0 atom stereocenters. The summed E-state index contributed by atoms with van der Waals surface area (Å²) in [5.74, 6) is -0.0684. The summed E-state index contributed by atoms with van der Waals surface area (Å²) in [7, 11) is 0. The first-order valence-corrected chi connectivity index (χ1v) is 9.89. The molecular formula is C22H19N3O2S. The maximum Gasteiger partial charge on any atom is 0.289 e. The minimum atomic E-state index is -0.274. The van der Waals surface area contributed by atoms with E-state index in [1.807, 2.05) is 35.7 Å². The Bertz CT molecular complexity index is 1070. The molecule has 0 unspecified atom stereocenters. The van der Waals surface area contributed by atoms with Gasteiger partial charge in [0.2, 0.25) is 5.76 Å². The smallest absolute Gasteiger partial charge is 0.289 e. The molecule has 0 saturated heterocycles. The molecule has 1 N–H and O–H groups in total. The van der Waals surface area contributed by atoms with Crippen molar-refractivity contribution in [3.8, 4) is 21.8 Å². The molecule has 28 heavy (non-hydrogen) atoms. The Hall–Kier alpha value is -3.25. The molecule has 0 bridgehead atoms. The van der Waals surface area contributed by atoms with E-state index in [4.69, 9.17) is 4.52 Å². The van der Waals surface area contributed by atoms with Crippen molar-refractivity contribution in [1.29, 1.82) is 0 Å². The van der Waals surface area contributed by atoms with Crippen LogP contribution >= 0.6 is 11.3 Å². The van der Waals surface area contributed by atoms with Crippen LogP contribution in [0.3, 0.4) is 0 Å². The predicted molar refractivity (Wildman–Crippen MR) is 110 cm³/mol. The molecule has 140 valence electrons. The van der Waals surface area contributed by atoms with Gasteiger partial charge in [0, 0.05) is 35.5 Å². The molecule has 0 saturated carbocycles. The van der Waals surface area contributed by atoms with Gasteiger partial charge < -0.3 is 9.84 Å². The molecule has 5 nitrogen and oxygen atoms in total. The Kier molecular flexibility index (Phi) is 5.30. The van der Waals surface area contributed by atoms with Crippen molar-refractivity contribution in [2.45, 2.75) is 13.3 Å². The van der Waals surface area contributed by atoms with Gasteiger partial charge in [0.05, 0.1) is 5.69 Å². The van der Waals surface area contributed by atoms with Gasteiger partial charge in [-0.05, 0) is 6.92 Å². The van der Waals surface area contributed by atoms with E-state index in [0.29, 0.717) is 18.7 Å². The Morgan fingerprint density at radius 3 is 2.64 bits per heavy atom. The molecule has 1 amide bonds. The fourth-order valence-electron chi connectivity index (χ4n) is 2.77. The summed E-state index contributed by atoms with van der Waals surface area (Å²) in [5.41, 5.74) is 4.86. The number of rotatable bonds is 6. The van der Waals surface area contributed by atoms with Crippen molar-refractivity contribution in [2.24, 2.45) is 0 Å². The van der Waals surface area contributed by atoms with Crippen molar-refractivity contribution < 1.29 is 9.32 Å². The second-order valence-corrected chi connectivity index (χ2v) is 7.32. The highest BCUT2D eigenvalue weighted by molar-refractivity contribution is 7.13. The zero-order valence-corrected chi connectivity index (χ0v) is 16.2. The molecule has 0 radical (unpaired) electrons. The molecule has 2 aromatic carbocycles. The quantitative estimate of drug-likeness (QED) is 0.517. The van der Waals surface area contributed by atoms with E-state index in [1.165, 1.54) is 5.56 Å². The van der Waals surface area contributed by atoms with Crippen molar-refractivity contribution in [3.05, 3.63) is 83.1 Å². The molecule has 2 aromatic heterocycles. The number of amides is 1. The summed E-state index contributed by atoms with van der Waals surface area (Å²) in [5, 5.41) is 9.85. The van der Waals surface area contributed by atoms with E-state index in [9.17, 15) is 4.79 Å². The summed E-state index contributed by atoms with van der Waals surface area (Å²) in [6, 6.07) is 19.6. The molecule has 0 aliphatic heterocycles. The average molecular weight is 389 g/mol. The number of carbonyl (C=O) groups excluding carboxylic acids is 1. The number of hydrogen-bond acceptors (Lipinski definition) is 5. The fourth-order valence-corrected chi connectivity index (χ4v) is 3.63. The van der Waals surface area contributed by atoms with Crippen LogP contribution in [0.2, 0.25) is 0 Å². The molecule has 4 aromatic rings. The van der Waals surface area contributed by atoms with E-state index < -0.39 is 0 Å². The highest BCUT2D eigenvalue weighted by atomic mass is 32.1. The monoisotopic (exact) mass is 389 g/mol. The summed E-state index contributed by atoms with van der Waals surface area (Å²) in [4.78, 5) is 16.9. The van der Waals surface area contributed by atoms with E-state index in [1.54, 1.807) is 17.4 Å². The third-order valence-electron chi connectivity index (χ3n) is 4.32. The van der Waals surface area contributed by atoms with Crippen molar-refractivity contribution in [3.63, 3.8) is 0 Å². The third-order valence-corrected chi connectivity index (χ3v) is 5.26. The van der Waals surface area contributed by atoms with E-state index in [2.05, 4.69) is 46.6 Å². The van der Waals surface area contributed by atoms with Gasteiger partial charge in [-0.3, -0.25) is 4.79 Å². The van der Waals surface area contributed by atoms with Crippen LogP contribution in [0, 0.1) is 6.92 Å². The normalized spacial score (nSPS) is 10.8. The summed E-state index contributed by atoms with van der Waals surface area (Å²) in [6.07, 6.45) is 0.660. The summed E-state index contributed by atoms with van der Waals surface area (Å²) in [6.45, 7) is 2.55. The van der Waals surface area contributed by atoms with E-state index in [-0.39, 0.29) is 11.7 Å². The molecule has 0 aliphatic rings. The van der Waals surface area contributed by atoms with Crippen LogP contribution in [0.25, 0.3) is 21.8 Å². The van der Waals surface area contributed by atoms with Crippen molar-refractivity contribution in [1.82, 2.24) is 15.5 Å². The average Bonchev–Trinajstić information content (AvgIpc) is 3.39. The molecular weight excluding hydrogens is 370 g/mol. The third kappa shape index (κ3) is 4.18. The highest BCUT2D eigenvalue weighted by Gasteiger charge is 2.14. The minimum Gasteiger partial charge on any atom is -0.350 e. The van der Waals surface area contributed by atoms with Crippen molar-refractivity contribution in [2.75, 3.05) is 6.54 Å². The Labute approximate surface area is 167 Å². The molecule has 6 heteroatoms. The van der Waals surface area contributed by atoms with Crippen LogP contribution in [0.5, 0.6) is 0 Å². The maximum atomic E-state index is 12.3.